The first kappa shape index (κ1) is 28.6. The molecule has 2 aliphatic heterocycles. The number of piperazine rings is 1. The number of ether oxygens (including phenoxy) is 3. The average Bonchev–Trinajstić information content (AvgIpc) is 3.63. The quantitative estimate of drug-likeness (QED) is 0.245. The molecule has 0 bridgehead atoms. The van der Waals surface area contributed by atoms with Gasteiger partial charge in [-0.2, -0.15) is 5.10 Å². The minimum absolute atomic E-state index is 0.108. The number of anilines is 2. The van der Waals surface area contributed by atoms with Crippen LogP contribution in [0.4, 0.5) is 11.4 Å². The summed E-state index contributed by atoms with van der Waals surface area (Å²) in [6.45, 7) is 7.10. The van der Waals surface area contributed by atoms with Gasteiger partial charge in [0.15, 0.2) is 6.29 Å². The molecule has 0 aliphatic carbocycles. The van der Waals surface area contributed by atoms with Gasteiger partial charge in [0.05, 0.1) is 17.3 Å². The van der Waals surface area contributed by atoms with Gasteiger partial charge in [-0.05, 0) is 67.1 Å². The Morgan fingerprint density at radius 2 is 1.55 bits per heavy atom. The van der Waals surface area contributed by atoms with Crippen LogP contribution < -0.4 is 20.2 Å². The van der Waals surface area contributed by atoms with E-state index in [0.717, 1.165) is 55.3 Å². The molecule has 3 aromatic carbocycles. The molecule has 3 heterocycles. The summed E-state index contributed by atoms with van der Waals surface area (Å²) in [7, 11) is 0. The Labute approximate surface area is 254 Å². The molecule has 4 aromatic rings. The van der Waals surface area contributed by atoms with Crippen molar-refractivity contribution < 1.29 is 14.2 Å². The second-order valence-electron chi connectivity index (χ2n) is 10.4. The maximum atomic E-state index is 12.5. The number of aryl methyl sites for hydroxylation is 1. The van der Waals surface area contributed by atoms with E-state index in [4.69, 9.17) is 37.4 Å². The van der Waals surface area contributed by atoms with E-state index in [1.807, 2.05) is 37.3 Å². The van der Waals surface area contributed by atoms with E-state index in [9.17, 15) is 4.79 Å². The molecule has 0 spiro atoms. The van der Waals surface area contributed by atoms with Crippen molar-refractivity contribution in [3.05, 3.63) is 99.2 Å². The molecule has 1 aromatic heterocycles. The van der Waals surface area contributed by atoms with Crippen LogP contribution in [0.2, 0.25) is 10.0 Å². The van der Waals surface area contributed by atoms with Crippen LogP contribution in [0.5, 0.6) is 5.75 Å². The summed E-state index contributed by atoms with van der Waals surface area (Å²) in [6, 6.07) is 21.6. The molecule has 2 aliphatic rings. The maximum absolute atomic E-state index is 12.5. The second kappa shape index (κ2) is 12.8. The number of hydrogen-bond donors (Lipinski definition) is 0. The van der Waals surface area contributed by atoms with Crippen LogP contribution in [-0.4, -0.2) is 59.8 Å². The summed E-state index contributed by atoms with van der Waals surface area (Å²) in [4.78, 5) is 17.3. The van der Waals surface area contributed by atoms with Gasteiger partial charge in [0.25, 0.3) is 0 Å². The Bertz CT molecular complexity index is 1550. The average molecular weight is 611 g/mol. The summed E-state index contributed by atoms with van der Waals surface area (Å²) in [6.07, 6.45) is 1.74. The first-order chi connectivity index (χ1) is 20.5. The van der Waals surface area contributed by atoms with Crippen molar-refractivity contribution in [2.75, 3.05) is 49.2 Å². The smallest absolute Gasteiger partial charge is 0.350 e. The SMILES string of the molecule is CCCn1ncn(-c2ccc(N3CCN(c4ccc(OC[C@@H]5COC(c6ccc(Cl)cc6Cl)O5)cc4)CC3)cc2)c1=O. The zero-order valence-corrected chi connectivity index (χ0v) is 24.9. The van der Waals surface area contributed by atoms with Crippen LogP contribution in [0.25, 0.3) is 5.69 Å². The van der Waals surface area contributed by atoms with Crippen molar-refractivity contribution in [3.8, 4) is 11.4 Å². The number of benzene rings is 3. The van der Waals surface area contributed by atoms with Crippen LogP contribution in [0.1, 0.15) is 25.2 Å². The third kappa shape index (κ3) is 6.29. The Morgan fingerprint density at radius 3 is 2.19 bits per heavy atom. The fraction of sp³-hybridized carbons (Fsp3) is 0.355. The summed E-state index contributed by atoms with van der Waals surface area (Å²) in [5.41, 5.74) is 3.79. The number of nitrogens with zero attached hydrogens (tertiary/aromatic N) is 5. The molecule has 11 heteroatoms. The third-order valence-electron chi connectivity index (χ3n) is 7.55. The van der Waals surface area contributed by atoms with Crippen molar-refractivity contribution in [2.45, 2.75) is 32.3 Å². The minimum atomic E-state index is -0.525. The zero-order valence-electron chi connectivity index (χ0n) is 23.4. The van der Waals surface area contributed by atoms with Gasteiger partial charge in [-0.3, -0.25) is 0 Å². The van der Waals surface area contributed by atoms with Gasteiger partial charge in [-0.1, -0.05) is 36.2 Å². The van der Waals surface area contributed by atoms with Gasteiger partial charge < -0.3 is 24.0 Å². The molecule has 0 radical (unpaired) electrons. The van der Waals surface area contributed by atoms with E-state index >= 15 is 0 Å². The topological polar surface area (TPSA) is 74.0 Å². The Kier molecular flexibility index (Phi) is 8.71. The van der Waals surface area contributed by atoms with Crippen molar-refractivity contribution >= 4 is 34.6 Å². The standard InChI is InChI=1S/C31H33Cl2N5O4/c1-2-13-38-31(39)37(21-34-38)25-6-4-23(5-7-25)35-14-16-36(17-15-35)24-8-10-26(11-9-24)40-19-27-20-41-30(42-27)28-12-3-22(32)18-29(28)33/h3-12,18,21,27,30H,2,13-17,19-20H2,1H3/t27-,30?/m1/s1. The van der Waals surface area contributed by atoms with E-state index in [0.29, 0.717) is 29.8 Å². The highest BCUT2D eigenvalue weighted by atomic mass is 35.5. The highest BCUT2D eigenvalue weighted by Gasteiger charge is 2.29. The lowest BCUT2D eigenvalue weighted by Crippen LogP contribution is -2.46. The number of rotatable bonds is 9. The van der Waals surface area contributed by atoms with Crippen molar-refractivity contribution in [1.29, 1.82) is 0 Å². The molecular formula is C31H33Cl2N5O4. The molecule has 0 amide bonds. The summed E-state index contributed by atoms with van der Waals surface area (Å²) in [5, 5.41) is 5.30. The summed E-state index contributed by atoms with van der Waals surface area (Å²) in [5.74, 6) is 0.786. The van der Waals surface area contributed by atoms with Gasteiger partial charge in [0.1, 0.15) is 24.8 Å². The number of hydrogen-bond acceptors (Lipinski definition) is 7. The monoisotopic (exact) mass is 609 g/mol. The lowest BCUT2D eigenvalue weighted by molar-refractivity contribution is -0.0658. The Hall–Kier alpha value is -3.50. The lowest BCUT2D eigenvalue weighted by atomic mass is 10.2. The van der Waals surface area contributed by atoms with E-state index in [-0.39, 0.29) is 11.8 Å². The van der Waals surface area contributed by atoms with E-state index < -0.39 is 6.29 Å². The zero-order chi connectivity index (χ0) is 29.1. The van der Waals surface area contributed by atoms with Crippen LogP contribution in [0.3, 0.4) is 0 Å². The summed E-state index contributed by atoms with van der Waals surface area (Å²) < 4.78 is 20.9. The Morgan fingerprint density at radius 1 is 0.905 bits per heavy atom. The van der Waals surface area contributed by atoms with Gasteiger partial charge in [0, 0.05) is 54.7 Å². The van der Waals surface area contributed by atoms with Gasteiger partial charge in [-0.25, -0.2) is 14.0 Å². The molecule has 0 saturated carbocycles. The Balaban J connectivity index is 0.977. The van der Waals surface area contributed by atoms with E-state index in [1.54, 1.807) is 23.0 Å². The lowest BCUT2D eigenvalue weighted by Gasteiger charge is -2.37. The van der Waals surface area contributed by atoms with Crippen LogP contribution >= 0.6 is 23.2 Å². The molecule has 2 fully saturated rings. The van der Waals surface area contributed by atoms with Crippen LogP contribution in [0.15, 0.2) is 77.9 Å². The maximum Gasteiger partial charge on any atom is 0.350 e. The second-order valence-corrected chi connectivity index (χ2v) is 11.2. The third-order valence-corrected chi connectivity index (χ3v) is 8.11. The molecule has 9 nitrogen and oxygen atoms in total. The first-order valence-electron chi connectivity index (χ1n) is 14.2. The molecule has 0 N–H and O–H groups in total. The van der Waals surface area contributed by atoms with Gasteiger partial charge >= 0.3 is 5.69 Å². The van der Waals surface area contributed by atoms with Gasteiger partial charge in [0.2, 0.25) is 0 Å². The van der Waals surface area contributed by atoms with Crippen molar-refractivity contribution in [2.24, 2.45) is 0 Å². The molecule has 6 rings (SSSR count). The molecular weight excluding hydrogens is 577 g/mol. The summed E-state index contributed by atoms with van der Waals surface area (Å²) >= 11 is 12.3. The minimum Gasteiger partial charge on any atom is -0.491 e. The molecule has 2 atom stereocenters. The fourth-order valence-electron chi connectivity index (χ4n) is 5.26. The van der Waals surface area contributed by atoms with Crippen LogP contribution in [-0.2, 0) is 16.0 Å². The molecule has 1 unspecified atom stereocenters. The van der Waals surface area contributed by atoms with Gasteiger partial charge in [-0.15, -0.1) is 0 Å². The normalized spacial score (nSPS) is 18.9. The van der Waals surface area contributed by atoms with Crippen molar-refractivity contribution in [3.63, 3.8) is 0 Å². The molecule has 2 saturated heterocycles. The highest BCUT2D eigenvalue weighted by Crippen LogP contribution is 2.33. The van der Waals surface area contributed by atoms with Crippen molar-refractivity contribution in [1.82, 2.24) is 14.3 Å². The number of halogens is 2. The predicted octanol–water partition coefficient (Wildman–Crippen LogP) is 5.57. The van der Waals surface area contributed by atoms with E-state index in [1.165, 1.54) is 10.4 Å². The highest BCUT2D eigenvalue weighted by molar-refractivity contribution is 6.35. The molecule has 42 heavy (non-hydrogen) atoms. The first-order valence-corrected chi connectivity index (χ1v) is 14.9. The number of aromatic nitrogens is 3. The van der Waals surface area contributed by atoms with Crippen LogP contribution in [0, 0.1) is 0 Å². The largest absolute Gasteiger partial charge is 0.491 e. The molecule has 220 valence electrons. The fourth-order valence-corrected chi connectivity index (χ4v) is 5.76. The van der Waals surface area contributed by atoms with E-state index in [2.05, 4.69) is 39.2 Å². The predicted molar refractivity (Wildman–Crippen MR) is 165 cm³/mol.